The zero-order valence-electron chi connectivity index (χ0n) is 24.6. The number of nitrogens with zero attached hydrogens (tertiary/aromatic N) is 4. The van der Waals surface area contributed by atoms with Gasteiger partial charge in [-0.25, -0.2) is 9.98 Å². The zero-order chi connectivity index (χ0) is 28.8. The topological polar surface area (TPSA) is 44.3 Å². The van der Waals surface area contributed by atoms with Crippen molar-refractivity contribution in [3.8, 4) is 11.4 Å². The van der Waals surface area contributed by atoms with E-state index in [1.807, 2.05) is 12.3 Å². The maximum atomic E-state index is 6.38. The van der Waals surface area contributed by atoms with Crippen LogP contribution in [0.4, 0.5) is 0 Å². The molecule has 3 aromatic heterocycles. The molecule has 5 heteroatoms. The number of aromatic nitrogens is 3. The molecule has 0 bridgehead atoms. The molecule has 2 atom stereocenters. The van der Waals surface area contributed by atoms with Crippen molar-refractivity contribution in [3.05, 3.63) is 113 Å². The summed E-state index contributed by atoms with van der Waals surface area (Å²) in [4.78, 5) is 9.87. The van der Waals surface area contributed by atoms with Crippen molar-refractivity contribution >= 4 is 49.6 Å². The van der Waals surface area contributed by atoms with E-state index in [4.69, 9.17) is 14.7 Å². The number of aryl methyl sites for hydroxylation is 3. The Labute approximate surface area is 250 Å². The zero-order valence-corrected chi connectivity index (χ0v) is 24.6. The minimum Gasteiger partial charge on any atom is -0.472 e. The molecule has 7 aromatic rings. The van der Waals surface area contributed by atoms with Crippen LogP contribution in [0.3, 0.4) is 0 Å². The Hall–Kier alpha value is -4.90. The van der Waals surface area contributed by atoms with Gasteiger partial charge in [-0.3, -0.25) is 4.57 Å². The molecule has 0 unspecified atom stereocenters. The van der Waals surface area contributed by atoms with E-state index in [9.17, 15) is 0 Å². The van der Waals surface area contributed by atoms with Gasteiger partial charge in [0.1, 0.15) is 11.8 Å². The van der Waals surface area contributed by atoms with Gasteiger partial charge in [0, 0.05) is 44.7 Å². The molecule has 5 nitrogen and oxygen atoms in total. The maximum Gasteiger partial charge on any atom is 0.216 e. The summed E-state index contributed by atoms with van der Waals surface area (Å²) in [5, 5.41) is 4.89. The van der Waals surface area contributed by atoms with Gasteiger partial charge in [0.2, 0.25) is 5.90 Å². The van der Waals surface area contributed by atoms with Crippen LogP contribution in [-0.4, -0.2) is 32.2 Å². The quantitative estimate of drug-likeness (QED) is 0.217. The lowest BCUT2D eigenvalue weighted by atomic mass is 10.1. The summed E-state index contributed by atoms with van der Waals surface area (Å²) in [7, 11) is 0. The largest absolute Gasteiger partial charge is 0.472 e. The van der Waals surface area contributed by atoms with E-state index in [0.29, 0.717) is 6.04 Å². The standard InChI is InChI=1S/C38H32N4O/c1-22-9-13-33-30(18-22)28-12-11-26(42-34-14-10-23(2)19-31(34)29-6-5-15-39-37(29)42)21-35(28)41(33)27-17-24(3)16-25(20-27)38-40-32-7-4-8-36(32)43-38/h5-6,9-21,32,36H,4,7-8H2,1-3H3/t32-,36+/m1/s1. The van der Waals surface area contributed by atoms with Crippen molar-refractivity contribution in [3.63, 3.8) is 0 Å². The molecule has 0 N–H and O–H groups in total. The molecule has 43 heavy (non-hydrogen) atoms. The molecule has 2 aliphatic rings. The Morgan fingerprint density at radius 2 is 1.44 bits per heavy atom. The van der Waals surface area contributed by atoms with Crippen LogP contribution >= 0.6 is 0 Å². The van der Waals surface area contributed by atoms with Gasteiger partial charge in [-0.1, -0.05) is 29.3 Å². The molecule has 0 amide bonds. The van der Waals surface area contributed by atoms with Crippen LogP contribution < -0.4 is 0 Å². The van der Waals surface area contributed by atoms with Crippen LogP contribution in [0, 0.1) is 20.8 Å². The highest BCUT2D eigenvalue weighted by Gasteiger charge is 2.35. The van der Waals surface area contributed by atoms with E-state index >= 15 is 0 Å². The fourth-order valence-electron chi connectivity index (χ4n) is 7.44. The average Bonchev–Trinajstić information content (AvgIpc) is 3.76. The minimum absolute atomic E-state index is 0.237. The average molecular weight is 561 g/mol. The Morgan fingerprint density at radius 3 is 2.26 bits per heavy atom. The molecule has 9 rings (SSSR count). The van der Waals surface area contributed by atoms with Gasteiger partial charge in [0.05, 0.1) is 22.6 Å². The van der Waals surface area contributed by atoms with E-state index in [1.165, 1.54) is 55.7 Å². The SMILES string of the molecule is Cc1cc(C2=N[C@@H]3CCC[C@@H]3O2)cc(-n2c3ccc(C)cc3c3ccc(-n4c5ccc(C)cc5c5cccnc54)cc32)c1. The maximum absolute atomic E-state index is 6.38. The summed E-state index contributed by atoms with van der Waals surface area (Å²) >= 11 is 0. The highest BCUT2D eigenvalue weighted by molar-refractivity contribution is 6.11. The summed E-state index contributed by atoms with van der Waals surface area (Å²) in [6, 6.07) is 31.5. The third-order valence-electron chi connectivity index (χ3n) is 9.38. The van der Waals surface area contributed by atoms with Gasteiger partial charge in [0.15, 0.2) is 0 Å². The first-order valence-corrected chi connectivity index (χ1v) is 15.3. The second-order valence-corrected chi connectivity index (χ2v) is 12.4. The number of rotatable bonds is 3. The van der Waals surface area contributed by atoms with Crippen LogP contribution in [0.5, 0.6) is 0 Å². The smallest absolute Gasteiger partial charge is 0.216 e. The normalized spacial score (nSPS) is 18.2. The van der Waals surface area contributed by atoms with Crippen LogP contribution in [-0.2, 0) is 4.74 Å². The second-order valence-electron chi connectivity index (χ2n) is 12.4. The highest BCUT2D eigenvalue weighted by Crippen LogP contribution is 2.38. The summed E-state index contributed by atoms with van der Waals surface area (Å²) in [5.41, 5.74) is 11.5. The number of fused-ring (bicyclic) bond motifs is 7. The van der Waals surface area contributed by atoms with Crippen LogP contribution in [0.1, 0.15) is 41.5 Å². The summed E-state index contributed by atoms with van der Waals surface area (Å²) in [6.07, 6.45) is 5.55. The number of hydrogen-bond acceptors (Lipinski definition) is 3. The van der Waals surface area contributed by atoms with Gasteiger partial charge in [-0.15, -0.1) is 0 Å². The van der Waals surface area contributed by atoms with Crippen molar-refractivity contribution in [1.82, 2.24) is 14.1 Å². The fraction of sp³-hybridized carbons (Fsp3) is 0.211. The molecule has 1 aliphatic heterocycles. The lowest BCUT2D eigenvalue weighted by molar-refractivity contribution is 0.211. The first-order valence-electron chi connectivity index (χ1n) is 15.3. The van der Waals surface area contributed by atoms with Crippen LogP contribution in [0.2, 0.25) is 0 Å². The first-order chi connectivity index (χ1) is 21.0. The molecule has 0 radical (unpaired) electrons. The molecule has 4 heterocycles. The summed E-state index contributed by atoms with van der Waals surface area (Å²) < 4.78 is 11.1. The van der Waals surface area contributed by atoms with Crippen LogP contribution in [0.15, 0.2) is 96.1 Å². The number of pyridine rings is 1. The van der Waals surface area contributed by atoms with E-state index in [0.717, 1.165) is 46.8 Å². The number of ether oxygens (including phenoxy) is 1. The van der Waals surface area contributed by atoms with Gasteiger partial charge in [-0.05, 0) is 112 Å². The second kappa shape index (κ2) is 9.05. The molecule has 1 aliphatic carbocycles. The molecule has 0 spiro atoms. The van der Waals surface area contributed by atoms with Crippen LogP contribution in [0.25, 0.3) is 55.1 Å². The van der Waals surface area contributed by atoms with Crippen molar-refractivity contribution in [2.45, 2.75) is 52.2 Å². The lowest BCUT2D eigenvalue weighted by Gasteiger charge is -2.14. The van der Waals surface area contributed by atoms with E-state index in [2.05, 4.69) is 109 Å². The molecule has 4 aromatic carbocycles. The van der Waals surface area contributed by atoms with Gasteiger partial charge in [0.25, 0.3) is 0 Å². The van der Waals surface area contributed by atoms with Crippen molar-refractivity contribution in [2.24, 2.45) is 4.99 Å². The van der Waals surface area contributed by atoms with Gasteiger partial charge < -0.3 is 9.30 Å². The fourth-order valence-corrected chi connectivity index (χ4v) is 7.44. The van der Waals surface area contributed by atoms with Crippen molar-refractivity contribution in [1.29, 1.82) is 0 Å². The summed E-state index contributed by atoms with van der Waals surface area (Å²) in [6.45, 7) is 6.48. The lowest BCUT2D eigenvalue weighted by Crippen LogP contribution is -2.15. The number of aliphatic imine (C=N–C) groups is 1. The highest BCUT2D eigenvalue weighted by atomic mass is 16.5. The minimum atomic E-state index is 0.237. The third kappa shape index (κ3) is 3.70. The molecule has 0 saturated heterocycles. The predicted molar refractivity (Wildman–Crippen MR) is 176 cm³/mol. The number of hydrogen-bond donors (Lipinski definition) is 0. The summed E-state index contributed by atoms with van der Waals surface area (Å²) in [5.74, 6) is 0.795. The third-order valence-corrected chi connectivity index (χ3v) is 9.38. The van der Waals surface area contributed by atoms with E-state index in [-0.39, 0.29) is 6.10 Å². The Bertz CT molecular complexity index is 2300. The predicted octanol–water partition coefficient (Wildman–Crippen LogP) is 8.90. The molecule has 1 saturated carbocycles. The molecular formula is C38H32N4O. The van der Waals surface area contributed by atoms with Crippen molar-refractivity contribution in [2.75, 3.05) is 0 Å². The Kier molecular flexibility index (Phi) is 5.19. The number of benzene rings is 4. The molecular weight excluding hydrogens is 528 g/mol. The monoisotopic (exact) mass is 560 g/mol. The molecule has 1 fully saturated rings. The first kappa shape index (κ1) is 24.7. The van der Waals surface area contributed by atoms with Crippen molar-refractivity contribution < 1.29 is 4.74 Å². The Morgan fingerprint density at radius 1 is 0.651 bits per heavy atom. The Balaban J connectivity index is 1.31. The van der Waals surface area contributed by atoms with E-state index in [1.54, 1.807) is 0 Å². The van der Waals surface area contributed by atoms with Gasteiger partial charge in [-0.2, -0.15) is 0 Å². The molecule has 210 valence electrons. The van der Waals surface area contributed by atoms with Gasteiger partial charge >= 0.3 is 0 Å². The van der Waals surface area contributed by atoms with E-state index < -0.39 is 0 Å².